The predicted octanol–water partition coefficient (Wildman–Crippen LogP) is 5.22. The van der Waals surface area contributed by atoms with Crippen LogP contribution in [0.5, 0.6) is 0 Å². The number of nitrogens with one attached hydrogen (secondary N) is 4. The summed E-state index contributed by atoms with van der Waals surface area (Å²) in [5.74, 6) is -0.0338. The van der Waals surface area contributed by atoms with E-state index < -0.39 is 12.7 Å². The van der Waals surface area contributed by atoms with Crippen LogP contribution in [0, 0.1) is 13.8 Å². The minimum absolute atomic E-state index is 0.0634. The van der Waals surface area contributed by atoms with E-state index >= 15 is 0 Å². The lowest BCUT2D eigenvalue weighted by molar-refractivity contribution is -0.115. The number of halogens is 3. The molecule has 0 radical (unpaired) electrons. The lowest BCUT2D eigenvalue weighted by Gasteiger charge is -2.12. The number of carbonyl (C=O) groups is 1. The third-order valence-electron chi connectivity index (χ3n) is 5.01. The van der Waals surface area contributed by atoms with Gasteiger partial charge in [-0.1, -0.05) is 29.3 Å². The Labute approximate surface area is 193 Å². The Morgan fingerprint density at radius 1 is 1.00 bits per heavy atom. The fourth-order valence-corrected chi connectivity index (χ4v) is 3.61. The van der Waals surface area contributed by atoms with Gasteiger partial charge in [0.1, 0.15) is 18.0 Å². The average Bonchev–Trinajstić information content (AvgIpc) is 3.24. The number of alkyl halides is 3. The van der Waals surface area contributed by atoms with Crippen molar-refractivity contribution in [1.82, 2.24) is 20.3 Å². The third kappa shape index (κ3) is 5.83. The molecule has 0 aliphatic carbocycles. The molecular formula is C24H23F3N6O. The van der Waals surface area contributed by atoms with Gasteiger partial charge in [-0.2, -0.15) is 23.1 Å². The second kappa shape index (κ2) is 9.42. The first-order chi connectivity index (χ1) is 16.2. The third-order valence-corrected chi connectivity index (χ3v) is 5.01. The summed E-state index contributed by atoms with van der Waals surface area (Å²) in [5, 5.41) is 8.62. The highest BCUT2D eigenvalue weighted by molar-refractivity contribution is 5.94. The number of rotatable bonds is 7. The minimum atomic E-state index is -4.38. The van der Waals surface area contributed by atoms with E-state index in [-0.39, 0.29) is 17.7 Å². The van der Waals surface area contributed by atoms with E-state index in [1.165, 1.54) is 0 Å². The SMILES string of the molecule is Cc1cc(C)cc(CNC(=O)c2ccc(Nc3nc(NCC(F)(F)F)c4cc[nH]c4n3)cc2)c1. The zero-order chi connectivity index (χ0) is 24.3. The quantitative estimate of drug-likeness (QED) is 0.298. The van der Waals surface area contributed by atoms with Gasteiger partial charge in [-0.25, -0.2) is 0 Å². The molecule has 34 heavy (non-hydrogen) atoms. The molecule has 0 spiro atoms. The van der Waals surface area contributed by atoms with Gasteiger partial charge in [0.05, 0.1) is 5.39 Å². The summed E-state index contributed by atoms with van der Waals surface area (Å²) in [4.78, 5) is 23.9. The molecule has 2 heterocycles. The number of anilines is 3. The maximum absolute atomic E-state index is 12.6. The number of carbonyl (C=O) groups excluding carboxylic acids is 1. The Morgan fingerprint density at radius 3 is 2.38 bits per heavy atom. The smallest absolute Gasteiger partial charge is 0.360 e. The van der Waals surface area contributed by atoms with Crippen LogP contribution in [0.25, 0.3) is 11.0 Å². The van der Waals surface area contributed by atoms with Gasteiger partial charge in [0.2, 0.25) is 5.95 Å². The molecule has 2 aromatic carbocycles. The normalized spacial score (nSPS) is 11.4. The summed E-state index contributed by atoms with van der Waals surface area (Å²) < 4.78 is 37.9. The summed E-state index contributed by atoms with van der Waals surface area (Å²) in [6.45, 7) is 3.22. The van der Waals surface area contributed by atoms with Crippen LogP contribution in [0.1, 0.15) is 27.0 Å². The summed E-state index contributed by atoms with van der Waals surface area (Å²) >= 11 is 0. The Bertz CT molecular complexity index is 1290. The predicted molar refractivity (Wildman–Crippen MR) is 125 cm³/mol. The fourth-order valence-electron chi connectivity index (χ4n) is 3.61. The number of aryl methyl sites for hydroxylation is 2. The van der Waals surface area contributed by atoms with Crippen LogP contribution < -0.4 is 16.0 Å². The van der Waals surface area contributed by atoms with Crippen molar-refractivity contribution in [2.45, 2.75) is 26.6 Å². The fraction of sp³-hybridized carbons (Fsp3) is 0.208. The summed E-state index contributed by atoms with van der Waals surface area (Å²) in [7, 11) is 0. The van der Waals surface area contributed by atoms with Crippen LogP contribution in [0.15, 0.2) is 54.7 Å². The van der Waals surface area contributed by atoms with Crippen molar-refractivity contribution in [3.05, 3.63) is 77.0 Å². The van der Waals surface area contributed by atoms with E-state index in [0.717, 1.165) is 16.7 Å². The Balaban J connectivity index is 1.43. The number of benzene rings is 2. The van der Waals surface area contributed by atoms with E-state index in [2.05, 4.69) is 37.0 Å². The Kier molecular flexibility index (Phi) is 6.40. The second-order valence-corrected chi connectivity index (χ2v) is 7.99. The van der Waals surface area contributed by atoms with E-state index in [9.17, 15) is 18.0 Å². The van der Waals surface area contributed by atoms with Crippen molar-refractivity contribution in [2.75, 3.05) is 17.2 Å². The molecule has 0 saturated heterocycles. The van der Waals surface area contributed by atoms with E-state index in [0.29, 0.717) is 28.8 Å². The van der Waals surface area contributed by atoms with Gasteiger partial charge in [-0.05, 0) is 49.7 Å². The van der Waals surface area contributed by atoms with Crippen molar-refractivity contribution in [3.8, 4) is 0 Å². The molecule has 0 saturated carbocycles. The minimum Gasteiger partial charge on any atom is -0.360 e. The lowest BCUT2D eigenvalue weighted by atomic mass is 10.1. The monoisotopic (exact) mass is 468 g/mol. The van der Waals surface area contributed by atoms with Crippen molar-refractivity contribution in [3.63, 3.8) is 0 Å². The van der Waals surface area contributed by atoms with Crippen molar-refractivity contribution in [1.29, 1.82) is 0 Å². The molecule has 0 aliphatic rings. The van der Waals surface area contributed by atoms with Gasteiger partial charge < -0.3 is 20.9 Å². The number of nitrogens with zero attached hydrogens (tertiary/aromatic N) is 2. The molecule has 1 amide bonds. The number of amides is 1. The molecule has 4 aromatic rings. The Morgan fingerprint density at radius 2 is 1.71 bits per heavy atom. The van der Waals surface area contributed by atoms with Gasteiger partial charge in [0.25, 0.3) is 5.91 Å². The first kappa shape index (κ1) is 23.1. The van der Waals surface area contributed by atoms with Crippen LogP contribution in [0.2, 0.25) is 0 Å². The van der Waals surface area contributed by atoms with Crippen LogP contribution in [0.3, 0.4) is 0 Å². The molecule has 0 fully saturated rings. The van der Waals surface area contributed by atoms with Crippen LogP contribution in [-0.4, -0.2) is 33.6 Å². The standard InChI is InChI=1S/C24H23F3N6O/c1-14-9-15(2)11-16(10-14)12-29-22(34)17-3-5-18(6-4-17)31-23-32-20-19(7-8-28-20)21(33-23)30-13-24(25,26)27/h3-11H,12-13H2,1-2H3,(H,29,34)(H3,28,30,31,32,33). The van der Waals surface area contributed by atoms with Gasteiger partial charge in [-0.3, -0.25) is 4.79 Å². The summed E-state index contributed by atoms with van der Waals surface area (Å²) in [6.07, 6.45) is -2.80. The van der Waals surface area contributed by atoms with Crippen molar-refractivity contribution in [2.24, 2.45) is 0 Å². The maximum Gasteiger partial charge on any atom is 0.405 e. The van der Waals surface area contributed by atoms with Gasteiger partial charge in [0.15, 0.2) is 0 Å². The molecule has 2 aromatic heterocycles. The average molecular weight is 468 g/mol. The molecule has 176 valence electrons. The van der Waals surface area contributed by atoms with Gasteiger partial charge in [0, 0.05) is 24.0 Å². The molecule has 4 rings (SSSR count). The number of hydrogen-bond acceptors (Lipinski definition) is 5. The van der Waals surface area contributed by atoms with Crippen LogP contribution in [-0.2, 0) is 6.54 Å². The summed E-state index contributed by atoms with van der Waals surface area (Å²) in [6, 6.07) is 14.4. The molecule has 7 nitrogen and oxygen atoms in total. The highest BCUT2D eigenvalue weighted by Crippen LogP contribution is 2.25. The molecule has 0 unspecified atom stereocenters. The highest BCUT2D eigenvalue weighted by Gasteiger charge is 2.27. The lowest BCUT2D eigenvalue weighted by Crippen LogP contribution is -2.22. The zero-order valence-corrected chi connectivity index (χ0v) is 18.5. The number of aromatic nitrogens is 3. The second-order valence-electron chi connectivity index (χ2n) is 7.99. The first-order valence-corrected chi connectivity index (χ1v) is 10.5. The molecular weight excluding hydrogens is 445 g/mol. The largest absolute Gasteiger partial charge is 0.405 e. The van der Waals surface area contributed by atoms with Crippen LogP contribution in [0.4, 0.5) is 30.6 Å². The summed E-state index contributed by atoms with van der Waals surface area (Å²) in [5.41, 5.74) is 4.75. The first-order valence-electron chi connectivity index (χ1n) is 10.5. The van der Waals surface area contributed by atoms with Crippen molar-refractivity contribution < 1.29 is 18.0 Å². The maximum atomic E-state index is 12.6. The highest BCUT2D eigenvalue weighted by atomic mass is 19.4. The topological polar surface area (TPSA) is 94.7 Å². The van der Waals surface area contributed by atoms with Gasteiger partial charge in [-0.15, -0.1) is 0 Å². The molecule has 10 heteroatoms. The van der Waals surface area contributed by atoms with Crippen LogP contribution >= 0.6 is 0 Å². The molecule has 0 aliphatic heterocycles. The van der Waals surface area contributed by atoms with Crippen molar-refractivity contribution >= 4 is 34.4 Å². The number of H-pyrrole nitrogens is 1. The molecule has 0 bridgehead atoms. The van der Waals surface area contributed by atoms with E-state index in [4.69, 9.17) is 0 Å². The van der Waals surface area contributed by atoms with E-state index in [1.54, 1.807) is 36.5 Å². The molecule has 4 N–H and O–H groups in total. The number of hydrogen-bond donors (Lipinski definition) is 4. The molecule has 0 atom stereocenters. The zero-order valence-electron chi connectivity index (χ0n) is 18.5. The van der Waals surface area contributed by atoms with Gasteiger partial charge >= 0.3 is 6.18 Å². The number of fused-ring (bicyclic) bond motifs is 1. The number of aromatic amines is 1. The van der Waals surface area contributed by atoms with E-state index in [1.807, 2.05) is 26.0 Å². The Hall–Kier alpha value is -4.08.